The Morgan fingerprint density at radius 1 is 1.70 bits per heavy atom. The van der Waals surface area contributed by atoms with Gasteiger partial charge in [-0.25, -0.2) is 4.39 Å². The zero-order chi connectivity index (χ0) is 8.15. The predicted molar refractivity (Wildman–Crippen MR) is 34.2 cm³/mol. The van der Waals surface area contributed by atoms with Crippen molar-refractivity contribution in [2.24, 2.45) is 11.5 Å². The molecule has 0 aliphatic carbocycles. The smallest absolute Gasteiger partial charge is 0.323 e. The second-order valence-electron chi connectivity index (χ2n) is 1.96. The third kappa shape index (κ3) is 2.75. The van der Waals surface area contributed by atoms with Crippen LogP contribution in [-0.4, -0.2) is 29.8 Å². The summed E-state index contributed by atoms with van der Waals surface area (Å²) in [4.78, 5) is 10.0. The molecule has 0 rings (SSSR count). The van der Waals surface area contributed by atoms with Crippen molar-refractivity contribution in [3.63, 3.8) is 0 Å². The van der Waals surface area contributed by atoms with E-state index in [1.54, 1.807) is 0 Å². The summed E-state index contributed by atoms with van der Waals surface area (Å²) in [7, 11) is 0. The van der Waals surface area contributed by atoms with Gasteiger partial charge in [0.2, 0.25) is 0 Å². The Hall–Kier alpha value is -0.680. The Morgan fingerprint density at radius 2 is 2.20 bits per heavy atom. The standard InChI is InChI=1S/C5H11FN2O2/c6-3(1-2-7)4(8)5(9)10/h3-4H,1-2,7-8H2,(H,9,10)/t3?,4-/m0/s1/i6-1. The number of carbonyl (C=O) groups is 1. The van der Waals surface area contributed by atoms with E-state index in [1.807, 2.05) is 0 Å². The van der Waals surface area contributed by atoms with Crippen molar-refractivity contribution in [2.45, 2.75) is 18.6 Å². The lowest BCUT2D eigenvalue weighted by molar-refractivity contribution is -0.140. The molecular formula is C5H11FN2O2. The SMILES string of the molecule is NCCC([18F])[C@H](N)C(=O)O. The van der Waals surface area contributed by atoms with E-state index >= 15 is 0 Å². The second kappa shape index (κ2) is 4.19. The molecule has 5 N–H and O–H groups in total. The first-order valence-electron chi connectivity index (χ1n) is 2.92. The second-order valence-corrected chi connectivity index (χ2v) is 1.96. The molecular weight excluding hydrogens is 138 g/mol. The van der Waals surface area contributed by atoms with E-state index in [0.29, 0.717) is 0 Å². The van der Waals surface area contributed by atoms with Gasteiger partial charge in [0.25, 0.3) is 0 Å². The van der Waals surface area contributed by atoms with E-state index in [9.17, 15) is 9.18 Å². The first-order valence-corrected chi connectivity index (χ1v) is 2.92. The fourth-order valence-electron chi connectivity index (χ4n) is 0.493. The fourth-order valence-corrected chi connectivity index (χ4v) is 0.493. The van der Waals surface area contributed by atoms with Crippen LogP contribution in [0.5, 0.6) is 0 Å². The normalized spacial score (nSPS) is 16.3. The number of hydrogen-bond acceptors (Lipinski definition) is 3. The number of aliphatic carboxylic acids is 1. The highest BCUT2D eigenvalue weighted by molar-refractivity contribution is 5.73. The largest absolute Gasteiger partial charge is 0.480 e. The maximum Gasteiger partial charge on any atom is 0.323 e. The zero-order valence-corrected chi connectivity index (χ0v) is 5.46. The maximum absolute atomic E-state index is 12.5. The Kier molecular flexibility index (Phi) is 3.90. The highest BCUT2D eigenvalue weighted by Gasteiger charge is 2.22. The molecule has 2 atom stereocenters. The molecule has 4 nitrogen and oxygen atoms in total. The van der Waals surface area contributed by atoms with Gasteiger partial charge in [0.1, 0.15) is 12.2 Å². The van der Waals surface area contributed by atoms with Gasteiger partial charge in [-0.15, -0.1) is 0 Å². The highest BCUT2D eigenvalue weighted by Crippen LogP contribution is 2.00. The Labute approximate surface area is 58.0 Å². The van der Waals surface area contributed by atoms with Gasteiger partial charge >= 0.3 is 5.97 Å². The Balaban J connectivity index is 3.69. The first kappa shape index (κ1) is 9.32. The molecule has 0 radical (unpaired) electrons. The van der Waals surface area contributed by atoms with Gasteiger partial charge in [0, 0.05) is 0 Å². The highest BCUT2D eigenvalue weighted by atomic mass is 18.2. The summed E-state index contributed by atoms with van der Waals surface area (Å²) in [6.07, 6.45) is -1.55. The summed E-state index contributed by atoms with van der Waals surface area (Å²) in [5.74, 6) is -1.33. The minimum Gasteiger partial charge on any atom is -0.480 e. The van der Waals surface area contributed by atoms with E-state index in [1.165, 1.54) is 0 Å². The molecule has 1 unspecified atom stereocenters. The molecule has 0 amide bonds. The molecule has 0 heterocycles. The van der Waals surface area contributed by atoms with Crippen LogP contribution in [0, 0.1) is 0 Å². The lowest BCUT2D eigenvalue weighted by Crippen LogP contribution is -2.40. The molecule has 0 bridgehead atoms. The van der Waals surface area contributed by atoms with Crippen LogP contribution < -0.4 is 11.5 Å². The van der Waals surface area contributed by atoms with Crippen LogP contribution in [-0.2, 0) is 4.79 Å². The topological polar surface area (TPSA) is 89.3 Å². The first-order chi connectivity index (χ1) is 4.59. The Morgan fingerprint density at radius 3 is 2.50 bits per heavy atom. The van der Waals surface area contributed by atoms with Gasteiger partial charge in [0.15, 0.2) is 0 Å². The maximum atomic E-state index is 12.5. The monoisotopic (exact) mass is 149 g/mol. The van der Waals surface area contributed by atoms with Gasteiger partial charge in [-0.2, -0.15) is 0 Å². The lowest BCUT2D eigenvalue weighted by atomic mass is 10.1. The predicted octanol–water partition coefficient (Wildman–Crippen LogP) is -0.915. The van der Waals surface area contributed by atoms with Crippen molar-refractivity contribution in [2.75, 3.05) is 6.54 Å². The molecule has 0 spiro atoms. The number of carboxylic acids is 1. The minimum atomic E-state index is -1.54. The third-order valence-electron chi connectivity index (χ3n) is 1.12. The molecule has 0 aromatic rings. The van der Waals surface area contributed by atoms with Crippen molar-refractivity contribution in [3.05, 3.63) is 0 Å². The molecule has 0 aromatic carbocycles. The summed E-state index contributed by atoms with van der Waals surface area (Å²) in [5, 5.41) is 8.17. The van der Waals surface area contributed by atoms with E-state index in [2.05, 4.69) is 0 Å². The van der Waals surface area contributed by atoms with Crippen LogP contribution >= 0.6 is 0 Å². The molecule has 0 fully saturated rings. The Bertz CT molecular complexity index is 120. The van der Waals surface area contributed by atoms with Gasteiger partial charge in [-0.1, -0.05) is 0 Å². The number of nitrogens with two attached hydrogens (primary N) is 2. The molecule has 0 aliphatic heterocycles. The molecule has 0 aliphatic rings. The molecule has 0 aromatic heterocycles. The van der Waals surface area contributed by atoms with Crippen LogP contribution in [0.1, 0.15) is 6.42 Å². The number of carboxylic acid groups (broad SMARTS) is 1. The van der Waals surface area contributed by atoms with Gasteiger partial charge in [0.05, 0.1) is 0 Å². The van der Waals surface area contributed by atoms with Crippen molar-refractivity contribution < 1.29 is 14.3 Å². The number of hydrogen-bond donors (Lipinski definition) is 3. The molecule has 10 heavy (non-hydrogen) atoms. The third-order valence-corrected chi connectivity index (χ3v) is 1.12. The van der Waals surface area contributed by atoms with E-state index < -0.39 is 18.2 Å². The zero-order valence-electron chi connectivity index (χ0n) is 5.46. The number of halogens is 1. The summed E-state index contributed by atoms with van der Waals surface area (Å²) < 4.78 is 12.5. The van der Waals surface area contributed by atoms with Gasteiger partial charge in [-0.05, 0) is 13.0 Å². The average Bonchev–Trinajstić information content (AvgIpc) is 1.87. The summed E-state index contributed by atoms with van der Waals surface area (Å²) in [5.41, 5.74) is 9.89. The van der Waals surface area contributed by atoms with Crippen molar-refractivity contribution in [1.29, 1.82) is 0 Å². The van der Waals surface area contributed by atoms with Crippen LogP contribution in [0.15, 0.2) is 0 Å². The van der Waals surface area contributed by atoms with Crippen LogP contribution in [0.3, 0.4) is 0 Å². The van der Waals surface area contributed by atoms with Crippen LogP contribution in [0.4, 0.5) is 4.39 Å². The number of rotatable bonds is 4. The summed E-state index contributed by atoms with van der Waals surface area (Å²) in [6, 6.07) is -1.44. The number of alkyl halides is 1. The van der Waals surface area contributed by atoms with Gasteiger partial charge < -0.3 is 16.6 Å². The van der Waals surface area contributed by atoms with E-state index in [0.717, 1.165) is 0 Å². The minimum absolute atomic E-state index is 0.00648. The summed E-state index contributed by atoms with van der Waals surface area (Å²) >= 11 is 0. The van der Waals surface area contributed by atoms with Crippen molar-refractivity contribution in [3.8, 4) is 0 Å². The molecule has 0 saturated heterocycles. The average molecular weight is 149 g/mol. The quantitative estimate of drug-likeness (QED) is 0.482. The molecule has 60 valence electrons. The van der Waals surface area contributed by atoms with Crippen LogP contribution in [0.2, 0.25) is 0 Å². The van der Waals surface area contributed by atoms with Crippen molar-refractivity contribution >= 4 is 5.97 Å². The molecule has 0 saturated carbocycles. The lowest BCUT2D eigenvalue weighted by Gasteiger charge is -2.09. The van der Waals surface area contributed by atoms with E-state index in [4.69, 9.17) is 16.6 Å². The van der Waals surface area contributed by atoms with Crippen molar-refractivity contribution in [1.82, 2.24) is 0 Å². The van der Waals surface area contributed by atoms with Gasteiger partial charge in [-0.3, -0.25) is 4.79 Å². The van der Waals surface area contributed by atoms with E-state index in [-0.39, 0.29) is 13.0 Å². The molecule has 5 heteroatoms. The summed E-state index contributed by atoms with van der Waals surface area (Å²) in [6.45, 7) is 0.113. The fraction of sp³-hybridized carbons (Fsp3) is 0.800. The van der Waals surface area contributed by atoms with Crippen LogP contribution in [0.25, 0.3) is 0 Å².